The van der Waals surface area contributed by atoms with Gasteiger partial charge in [-0.2, -0.15) is 0 Å². The monoisotopic (exact) mass is 522 g/mol. The first-order valence-electron chi connectivity index (χ1n) is 14.2. The maximum Gasteiger partial charge on any atom is 0.385 e. The minimum atomic E-state index is -3.90. The largest absolute Gasteiger partial charge is 0.463 e. The smallest absolute Gasteiger partial charge is 0.385 e. The zero-order valence-corrected chi connectivity index (χ0v) is 24.4. The number of rotatable bonds is 24. The van der Waals surface area contributed by atoms with Gasteiger partial charge < -0.3 is 23.7 Å². The number of hydrogen-bond donors (Lipinski definition) is 2. The van der Waals surface area contributed by atoms with Crippen molar-refractivity contribution in [3.63, 3.8) is 0 Å². The molecule has 0 aliphatic rings. The standard InChI is InChI=1S/C27H56NO6P/c1-6-8-9-10-11-12-13-14-15-16-17-18-19-20-21-22-27(30)33-23-25(29)24-34-35(31,32)26(7-2)28(3,4)5/h25-26,29H,6-24H2,1-5H3/p+1/t25-,26?/m1/s1. The van der Waals surface area contributed by atoms with Gasteiger partial charge in [0.25, 0.3) is 0 Å². The Morgan fingerprint density at radius 3 is 1.60 bits per heavy atom. The number of quaternary nitrogens is 1. The van der Waals surface area contributed by atoms with Gasteiger partial charge in [0.05, 0.1) is 27.7 Å². The van der Waals surface area contributed by atoms with Gasteiger partial charge in [0.15, 0.2) is 5.78 Å². The van der Waals surface area contributed by atoms with E-state index in [-0.39, 0.29) is 23.7 Å². The van der Waals surface area contributed by atoms with E-state index in [1.165, 1.54) is 77.0 Å². The second kappa shape index (κ2) is 20.6. The Bertz CT molecular complexity index is 566. The summed E-state index contributed by atoms with van der Waals surface area (Å²) in [5.74, 6) is -0.925. The number of aliphatic hydroxyl groups excluding tert-OH is 1. The maximum absolute atomic E-state index is 12.5. The van der Waals surface area contributed by atoms with Crippen LogP contribution in [0.3, 0.4) is 0 Å². The Morgan fingerprint density at radius 2 is 1.20 bits per heavy atom. The molecule has 0 saturated carbocycles. The molecular weight excluding hydrogens is 465 g/mol. The SMILES string of the molecule is CCCCCCCCCCCCCCCCCC(=O)OC[C@@H](O)COP(=O)(O)C(CC)[N+](C)(C)C. The number of aliphatic hydroxyl groups is 1. The van der Waals surface area contributed by atoms with Crippen molar-refractivity contribution in [2.24, 2.45) is 0 Å². The summed E-state index contributed by atoms with van der Waals surface area (Å²) >= 11 is 0. The third kappa shape index (κ3) is 19.3. The summed E-state index contributed by atoms with van der Waals surface area (Å²) in [6, 6.07) is 0. The van der Waals surface area contributed by atoms with Crippen LogP contribution in [0.2, 0.25) is 0 Å². The Balaban J connectivity index is 3.66. The number of ether oxygens (including phenoxy) is 1. The molecule has 0 saturated heterocycles. The van der Waals surface area contributed by atoms with E-state index in [1.807, 2.05) is 28.1 Å². The first kappa shape index (κ1) is 34.5. The van der Waals surface area contributed by atoms with Crippen LogP contribution in [-0.4, -0.2) is 66.7 Å². The van der Waals surface area contributed by atoms with Gasteiger partial charge in [-0.3, -0.25) is 9.36 Å². The lowest BCUT2D eigenvalue weighted by atomic mass is 10.0. The zero-order valence-electron chi connectivity index (χ0n) is 23.5. The molecular formula is C27H57NO6P+. The van der Waals surface area contributed by atoms with Gasteiger partial charge in [-0.15, -0.1) is 0 Å². The molecule has 8 heteroatoms. The van der Waals surface area contributed by atoms with Crippen LogP contribution < -0.4 is 0 Å². The van der Waals surface area contributed by atoms with E-state index >= 15 is 0 Å². The Morgan fingerprint density at radius 1 is 0.771 bits per heavy atom. The van der Waals surface area contributed by atoms with Crippen molar-refractivity contribution in [1.82, 2.24) is 0 Å². The Labute approximate surface area is 216 Å². The zero-order chi connectivity index (χ0) is 26.6. The van der Waals surface area contributed by atoms with Crippen molar-refractivity contribution in [3.05, 3.63) is 0 Å². The second-order valence-corrected chi connectivity index (χ2v) is 12.9. The molecule has 2 unspecified atom stereocenters. The van der Waals surface area contributed by atoms with Crippen LogP contribution in [-0.2, 0) is 18.6 Å². The predicted octanol–water partition coefficient (Wildman–Crippen LogP) is 6.80. The molecule has 7 nitrogen and oxygen atoms in total. The fourth-order valence-corrected chi connectivity index (χ4v) is 6.34. The number of unbranched alkanes of at least 4 members (excludes halogenated alkanes) is 14. The molecule has 0 aromatic heterocycles. The highest BCUT2D eigenvalue weighted by Gasteiger charge is 2.41. The van der Waals surface area contributed by atoms with Gasteiger partial charge in [-0.1, -0.05) is 104 Å². The Kier molecular flexibility index (Phi) is 20.3. The average molecular weight is 523 g/mol. The van der Waals surface area contributed by atoms with Crippen molar-refractivity contribution >= 4 is 13.6 Å². The maximum atomic E-state index is 12.5. The number of carbonyl (C=O) groups excluding carboxylic acids is 1. The van der Waals surface area contributed by atoms with Gasteiger partial charge in [-0.05, 0) is 6.42 Å². The number of esters is 1. The molecule has 0 aromatic rings. The van der Waals surface area contributed by atoms with Crippen molar-refractivity contribution in [2.45, 2.75) is 135 Å². The summed E-state index contributed by atoms with van der Waals surface area (Å²) in [5.41, 5.74) is 0. The summed E-state index contributed by atoms with van der Waals surface area (Å²) in [6.45, 7) is 3.53. The molecule has 0 spiro atoms. The van der Waals surface area contributed by atoms with Crippen LogP contribution in [0.25, 0.3) is 0 Å². The molecule has 3 atom stereocenters. The molecule has 0 heterocycles. The van der Waals surface area contributed by atoms with E-state index in [4.69, 9.17) is 9.26 Å². The highest BCUT2D eigenvalue weighted by Crippen LogP contribution is 2.51. The molecule has 210 valence electrons. The van der Waals surface area contributed by atoms with Crippen LogP contribution in [0.1, 0.15) is 123 Å². The minimum absolute atomic E-state index is 0.223. The lowest BCUT2D eigenvalue weighted by Gasteiger charge is -2.35. The summed E-state index contributed by atoms with van der Waals surface area (Å²) in [6.07, 6.45) is 18.8. The van der Waals surface area contributed by atoms with Crippen molar-refractivity contribution < 1.29 is 33.1 Å². The van der Waals surface area contributed by atoms with Crippen molar-refractivity contribution in [1.29, 1.82) is 0 Å². The average Bonchev–Trinajstić information content (AvgIpc) is 2.78. The fourth-order valence-electron chi connectivity index (χ4n) is 4.45. The lowest BCUT2D eigenvalue weighted by molar-refractivity contribution is -0.883. The van der Waals surface area contributed by atoms with E-state index in [0.717, 1.165) is 19.3 Å². The van der Waals surface area contributed by atoms with Crippen LogP contribution in [0.5, 0.6) is 0 Å². The van der Waals surface area contributed by atoms with Crippen LogP contribution >= 0.6 is 7.60 Å². The molecule has 0 radical (unpaired) electrons. The van der Waals surface area contributed by atoms with Crippen LogP contribution in [0, 0.1) is 0 Å². The van der Waals surface area contributed by atoms with Crippen LogP contribution in [0.4, 0.5) is 0 Å². The molecule has 2 N–H and O–H groups in total. The number of hydrogen-bond acceptors (Lipinski definition) is 5. The second-order valence-electron chi connectivity index (χ2n) is 10.9. The van der Waals surface area contributed by atoms with Gasteiger partial charge >= 0.3 is 13.6 Å². The number of nitrogens with zero attached hydrogens (tertiary/aromatic N) is 1. The molecule has 0 rings (SSSR count). The van der Waals surface area contributed by atoms with E-state index in [2.05, 4.69) is 6.92 Å². The van der Waals surface area contributed by atoms with Gasteiger partial charge in [0, 0.05) is 12.8 Å². The Hall–Kier alpha value is -0.460. The van der Waals surface area contributed by atoms with E-state index in [1.54, 1.807) is 0 Å². The summed E-state index contributed by atoms with van der Waals surface area (Å²) in [7, 11) is 1.59. The molecule has 35 heavy (non-hydrogen) atoms. The molecule has 0 aliphatic carbocycles. The van der Waals surface area contributed by atoms with Gasteiger partial charge in [-0.25, -0.2) is 0 Å². The minimum Gasteiger partial charge on any atom is -0.463 e. The van der Waals surface area contributed by atoms with Crippen molar-refractivity contribution in [3.8, 4) is 0 Å². The third-order valence-corrected chi connectivity index (χ3v) is 8.84. The van der Waals surface area contributed by atoms with E-state index < -0.39 is 19.5 Å². The number of carbonyl (C=O) groups is 1. The van der Waals surface area contributed by atoms with Gasteiger partial charge in [0.1, 0.15) is 12.7 Å². The van der Waals surface area contributed by atoms with Gasteiger partial charge in [0.2, 0.25) is 0 Å². The molecule has 0 aliphatic heterocycles. The van der Waals surface area contributed by atoms with Crippen molar-refractivity contribution in [2.75, 3.05) is 34.4 Å². The predicted molar refractivity (Wildman–Crippen MR) is 144 cm³/mol. The summed E-state index contributed by atoms with van der Waals surface area (Å²) < 4.78 is 23.0. The van der Waals surface area contributed by atoms with Crippen LogP contribution in [0.15, 0.2) is 0 Å². The van der Waals surface area contributed by atoms with E-state index in [9.17, 15) is 19.4 Å². The first-order chi connectivity index (χ1) is 16.5. The normalized spacial score (nSPS) is 15.5. The lowest BCUT2D eigenvalue weighted by Crippen LogP contribution is -2.45. The topological polar surface area (TPSA) is 93.1 Å². The molecule has 0 bridgehead atoms. The first-order valence-corrected chi connectivity index (χ1v) is 15.8. The quantitative estimate of drug-likeness (QED) is 0.0627. The highest BCUT2D eigenvalue weighted by molar-refractivity contribution is 7.53. The molecule has 0 amide bonds. The molecule has 0 aromatic carbocycles. The molecule has 0 fully saturated rings. The van der Waals surface area contributed by atoms with E-state index in [0.29, 0.717) is 12.8 Å². The third-order valence-electron chi connectivity index (χ3n) is 6.51. The fraction of sp³-hybridized carbons (Fsp3) is 0.963. The highest BCUT2D eigenvalue weighted by atomic mass is 31.2. The summed E-state index contributed by atoms with van der Waals surface area (Å²) in [5, 5.41) is 9.98. The summed E-state index contributed by atoms with van der Waals surface area (Å²) in [4.78, 5) is 22.1.